The van der Waals surface area contributed by atoms with Crippen LogP contribution in [-0.2, 0) is 28.6 Å². The maximum absolute atomic E-state index is 12.9. The molecular weight excluding hydrogens is 925 g/mol. The van der Waals surface area contributed by atoms with Crippen LogP contribution in [0.25, 0.3) is 0 Å². The Hall–Kier alpha value is -3.41. The number of unbranched alkanes of at least 4 members (excludes halogenated alkanes) is 33. The fourth-order valence-electron chi connectivity index (χ4n) is 9.09. The molecule has 0 aliphatic heterocycles. The normalized spacial score (nSPS) is 12.6. The zero-order valence-electron chi connectivity index (χ0n) is 49.6. The Morgan fingerprint density at radius 3 is 0.840 bits per heavy atom. The SMILES string of the molecule is CC/C=C\C/C=C\C/C=C\C/C=C\C/C=C\CCCCCCCCCCCCCC(=O)OCC(COC(=O)CCCCCCCCCCCCCCC)OC(=O)CCCCCCCCC/C=C\C/C=C\CCCCC. The van der Waals surface area contributed by atoms with E-state index in [2.05, 4.69) is 106 Å². The summed E-state index contributed by atoms with van der Waals surface area (Å²) in [5, 5.41) is 0. The van der Waals surface area contributed by atoms with Crippen LogP contribution in [0.4, 0.5) is 0 Å². The minimum atomic E-state index is -0.781. The Morgan fingerprint density at radius 2 is 0.520 bits per heavy atom. The van der Waals surface area contributed by atoms with E-state index in [4.69, 9.17) is 14.2 Å². The minimum absolute atomic E-state index is 0.0770. The van der Waals surface area contributed by atoms with Gasteiger partial charge in [-0.25, -0.2) is 0 Å². The predicted molar refractivity (Wildman–Crippen MR) is 325 cm³/mol. The molecular formula is C69H120O6. The molecule has 0 amide bonds. The maximum atomic E-state index is 12.9. The first-order valence-corrected chi connectivity index (χ1v) is 32.1. The monoisotopic (exact) mass is 1040 g/mol. The number of allylic oxidation sites excluding steroid dienone is 14. The first-order chi connectivity index (χ1) is 37.0. The summed E-state index contributed by atoms with van der Waals surface area (Å²) < 4.78 is 16.9. The smallest absolute Gasteiger partial charge is 0.306 e. The van der Waals surface area contributed by atoms with Gasteiger partial charge in [0.15, 0.2) is 6.10 Å². The number of hydrogen-bond acceptors (Lipinski definition) is 6. The van der Waals surface area contributed by atoms with Crippen molar-refractivity contribution in [2.45, 2.75) is 322 Å². The lowest BCUT2D eigenvalue weighted by Gasteiger charge is -2.18. The summed E-state index contributed by atoms with van der Waals surface area (Å²) in [6.07, 6.45) is 83.0. The van der Waals surface area contributed by atoms with Gasteiger partial charge in [-0.05, 0) is 96.3 Å². The van der Waals surface area contributed by atoms with Crippen molar-refractivity contribution in [1.82, 2.24) is 0 Å². The van der Waals surface area contributed by atoms with Gasteiger partial charge in [-0.15, -0.1) is 0 Å². The predicted octanol–water partition coefficient (Wildman–Crippen LogP) is 21.9. The van der Waals surface area contributed by atoms with Crippen LogP contribution in [0, 0.1) is 0 Å². The zero-order chi connectivity index (χ0) is 54.3. The summed E-state index contributed by atoms with van der Waals surface area (Å²) in [4.78, 5) is 38.3. The van der Waals surface area contributed by atoms with Gasteiger partial charge in [0.25, 0.3) is 0 Å². The molecule has 0 saturated carbocycles. The molecule has 6 nitrogen and oxygen atoms in total. The molecule has 0 spiro atoms. The molecule has 0 aromatic heterocycles. The lowest BCUT2D eigenvalue weighted by Crippen LogP contribution is -2.30. The molecule has 0 radical (unpaired) electrons. The Balaban J connectivity index is 4.29. The van der Waals surface area contributed by atoms with Crippen LogP contribution >= 0.6 is 0 Å². The number of ether oxygens (including phenoxy) is 3. The molecule has 0 bridgehead atoms. The highest BCUT2D eigenvalue weighted by atomic mass is 16.6. The van der Waals surface area contributed by atoms with Gasteiger partial charge in [0.2, 0.25) is 0 Å². The number of carbonyl (C=O) groups is 3. The molecule has 75 heavy (non-hydrogen) atoms. The molecule has 0 heterocycles. The number of rotatable bonds is 58. The lowest BCUT2D eigenvalue weighted by atomic mass is 10.0. The Morgan fingerprint density at radius 1 is 0.280 bits per heavy atom. The molecule has 0 aliphatic carbocycles. The molecule has 0 aromatic carbocycles. The van der Waals surface area contributed by atoms with E-state index in [0.29, 0.717) is 19.3 Å². The van der Waals surface area contributed by atoms with Crippen molar-refractivity contribution in [3.8, 4) is 0 Å². The molecule has 0 aliphatic rings. The van der Waals surface area contributed by atoms with E-state index in [9.17, 15) is 14.4 Å². The van der Waals surface area contributed by atoms with Crippen molar-refractivity contribution < 1.29 is 28.6 Å². The van der Waals surface area contributed by atoms with Gasteiger partial charge in [0.1, 0.15) is 13.2 Å². The number of hydrogen-bond donors (Lipinski definition) is 0. The van der Waals surface area contributed by atoms with Crippen LogP contribution in [0.5, 0.6) is 0 Å². The summed E-state index contributed by atoms with van der Waals surface area (Å²) in [6.45, 7) is 6.52. The highest BCUT2D eigenvalue weighted by Crippen LogP contribution is 2.16. The highest BCUT2D eigenvalue weighted by Gasteiger charge is 2.19. The largest absolute Gasteiger partial charge is 0.462 e. The molecule has 1 atom stereocenters. The van der Waals surface area contributed by atoms with Gasteiger partial charge in [-0.3, -0.25) is 14.4 Å². The second-order valence-corrected chi connectivity index (χ2v) is 21.3. The summed E-state index contributed by atoms with van der Waals surface area (Å²) in [5.41, 5.74) is 0. The highest BCUT2D eigenvalue weighted by molar-refractivity contribution is 5.71. The molecule has 0 aromatic rings. The van der Waals surface area contributed by atoms with Crippen LogP contribution in [-0.4, -0.2) is 37.2 Å². The van der Waals surface area contributed by atoms with Crippen molar-refractivity contribution >= 4 is 17.9 Å². The van der Waals surface area contributed by atoms with E-state index < -0.39 is 6.10 Å². The summed E-state index contributed by atoms with van der Waals surface area (Å²) >= 11 is 0. The van der Waals surface area contributed by atoms with E-state index in [1.165, 1.54) is 173 Å². The first kappa shape index (κ1) is 71.6. The minimum Gasteiger partial charge on any atom is -0.462 e. The topological polar surface area (TPSA) is 78.9 Å². The fraction of sp³-hybridized carbons (Fsp3) is 0.754. The fourth-order valence-corrected chi connectivity index (χ4v) is 9.09. The van der Waals surface area contributed by atoms with Gasteiger partial charge in [-0.1, -0.05) is 286 Å². The molecule has 432 valence electrons. The van der Waals surface area contributed by atoms with Crippen molar-refractivity contribution in [2.24, 2.45) is 0 Å². The second kappa shape index (κ2) is 63.1. The molecule has 6 heteroatoms. The van der Waals surface area contributed by atoms with Crippen LogP contribution < -0.4 is 0 Å². The van der Waals surface area contributed by atoms with Crippen molar-refractivity contribution in [2.75, 3.05) is 13.2 Å². The molecule has 0 saturated heterocycles. The number of esters is 3. The first-order valence-electron chi connectivity index (χ1n) is 32.1. The number of carbonyl (C=O) groups excluding carboxylic acids is 3. The van der Waals surface area contributed by atoms with Crippen molar-refractivity contribution in [3.63, 3.8) is 0 Å². The summed E-state index contributed by atoms with van der Waals surface area (Å²) in [5.74, 6) is -0.875. The zero-order valence-corrected chi connectivity index (χ0v) is 49.6. The standard InChI is InChI=1S/C69H120O6/c1-4-7-10-13-16-19-22-25-27-29-30-31-32-33-34-35-36-37-38-40-41-44-47-50-53-56-59-62-68(71)74-65-66(64-73-67(70)61-58-55-52-49-46-43-24-21-18-15-12-9-6-3)75-69(72)63-60-57-54-51-48-45-42-39-28-26-23-20-17-14-11-8-5-2/h7,10,16-17,19-20,25-28,30-31,33-34,66H,4-6,8-9,11-15,18,21-24,29,32,35-65H2,1-3H3/b10-7-,19-16-,20-17-,27-25-,28-26-,31-30-,34-33-. The quantitative estimate of drug-likeness (QED) is 0.0261. The van der Waals surface area contributed by atoms with Gasteiger partial charge >= 0.3 is 17.9 Å². The van der Waals surface area contributed by atoms with Gasteiger partial charge < -0.3 is 14.2 Å². The summed E-state index contributed by atoms with van der Waals surface area (Å²) in [7, 11) is 0. The van der Waals surface area contributed by atoms with Gasteiger partial charge in [0.05, 0.1) is 0 Å². The van der Waals surface area contributed by atoms with Crippen LogP contribution in [0.2, 0.25) is 0 Å². The molecule has 0 rings (SSSR count). The third-order valence-electron chi connectivity index (χ3n) is 13.9. The van der Waals surface area contributed by atoms with E-state index in [-0.39, 0.29) is 31.1 Å². The van der Waals surface area contributed by atoms with E-state index in [1.54, 1.807) is 0 Å². The Bertz CT molecular complexity index is 1430. The molecule has 0 fully saturated rings. The second-order valence-electron chi connectivity index (χ2n) is 21.3. The van der Waals surface area contributed by atoms with Crippen molar-refractivity contribution in [3.05, 3.63) is 85.1 Å². The van der Waals surface area contributed by atoms with Gasteiger partial charge in [0, 0.05) is 19.3 Å². The molecule has 0 N–H and O–H groups in total. The van der Waals surface area contributed by atoms with Crippen LogP contribution in [0.1, 0.15) is 316 Å². The Labute approximate surface area is 465 Å². The third kappa shape index (κ3) is 61.3. The average Bonchev–Trinajstić information content (AvgIpc) is 3.41. The third-order valence-corrected chi connectivity index (χ3v) is 13.9. The lowest BCUT2D eigenvalue weighted by molar-refractivity contribution is -0.167. The molecule has 1 unspecified atom stereocenters. The van der Waals surface area contributed by atoms with E-state index in [1.807, 2.05) is 0 Å². The van der Waals surface area contributed by atoms with Gasteiger partial charge in [-0.2, -0.15) is 0 Å². The summed E-state index contributed by atoms with van der Waals surface area (Å²) in [6, 6.07) is 0. The van der Waals surface area contributed by atoms with E-state index >= 15 is 0 Å². The Kier molecular flexibility index (Phi) is 60.3. The average molecular weight is 1050 g/mol. The van der Waals surface area contributed by atoms with Crippen LogP contribution in [0.15, 0.2) is 85.1 Å². The van der Waals surface area contributed by atoms with E-state index in [0.717, 1.165) is 103 Å². The van der Waals surface area contributed by atoms with Crippen LogP contribution in [0.3, 0.4) is 0 Å². The van der Waals surface area contributed by atoms with Crippen molar-refractivity contribution in [1.29, 1.82) is 0 Å². The maximum Gasteiger partial charge on any atom is 0.306 e.